The molecule has 1 atom stereocenters. The summed E-state index contributed by atoms with van der Waals surface area (Å²) in [5.41, 5.74) is 2.69. The van der Waals surface area contributed by atoms with Crippen molar-refractivity contribution in [3.05, 3.63) is 41.7 Å². The lowest BCUT2D eigenvalue weighted by atomic mass is 9.75. The molecule has 2 aliphatic rings. The van der Waals surface area contributed by atoms with Gasteiger partial charge in [0, 0.05) is 37.2 Å². The number of carbonyl (C=O) groups is 1. The summed E-state index contributed by atoms with van der Waals surface area (Å²) < 4.78 is 5.72. The molecule has 29 heavy (non-hydrogen) atoms. The number of nitrogens with one attached hydrogen (secondary N) is 1. The number of likely N-dealkylation sites (tertiary alicyclic amines) is 1. The van der Waals surface area contributed by atoms with Crippen molar-refractivity contribution in [1.29, 1.82) is 0 Å². The van der Waals surface area contributed by atoms with Crippen molar-refractivity contribution in [3.63, 3.8) is 0 Å². The van der Waals surface area contributed by atoms with Crippen LogP contribution in [0.15, 0.2) is 34.9 Å². The molecule has 5 nitrogen and oxygen atoms in total. The van der Waals surface area contributed by atoms with Crippen LogP contribution in [0, 0.1) is 12.3 Å². The van der Waals surface area contributed by atoms with Gasteiger partial charge < -0.3 is 9.84 Å². The molecule has 1 saturated heterocycles. The van der Waals surface area contributed by atoms with E-state index in [0.29, 0.717) is 19.0 Å². The van der Waals surface area contributed by atoms with E-state index in [2.05, 4.69) is 46.6 Å². The van der Waals surface area contributed by atoms with Gasteiger partial charge in [-0.2, -0.15) is 0 Å². The molecule has 1 N–H and O–H groups in total. The van der Waals surface area contributed by atoms with E-state index in [9.17, 15) is 4.79 Å². The maximum absolute atomic E-state index is 13.2. The Kier molecular flexibility index (Phi) is 6.04. The summed E-state index contributed by atoms with van der Waals surface area (Å²) in [4.78, 5) is 15.8. The molecule has 2 heterocycles. The molecule has 1 aliphatic carbocycles. The Bertz CT molecular complexity index is 823. The van der Waals surface area contributed by atoms with E-state index in [1.807, 2.05) is 13.0 Å². The van der Waals surface area contributed by atoms with Crippen molar-refractivity contribution in [2.75, 3.05) is 19.6 Å². The molecule has 0 spiro atoms. The van der Waals surface area contributed by atoms with Gasteiger partial charge in [0.25, 0.3) is 0 Å². The Hall–Kier alpha value is -2.14. The Morgan fingerprint density at radius 2 is 2.00 bits per heavy atom. The van der Waals surface area contributed by atoms with E-state index in [1.165, 1.54) is 31.2 Å². The van der Waals surface area contributed by atoms with Crippen LogP contribution in [0.4, 0.5) is 0 Å². The fourth-order valence-corrected chi connectivity index (χ4v) is 5.10. The highest BCUT2D eigenvalue weighted by molar-refractivity contribution is 5.83. The second-order valence-electron chi connectivity index (χ2n) is 8.87. The van der Waals surface area contributed by atoms with Crippen LogP contribution in [0.3, 0.4) is 0 Å². The number of aryl methyl sites for hydroxylation is 1. The average molecular weight is 396 g/mol. The highest BCUT2D eigenvalue weighted by atomic mass is 16.5. The quantitative estimate of drug-likeness (QED) is 0.790. The summed E-state index contributed by atoms with van der Waals surface area (Å²) in [5, 5.41) is 7.40. The lowest BCUT2D eigenvalue weighted by Crippen LogP contribution is -2.55. The smallest absolute Gasteiger partial charge is 0.227 e. The molecule has 1 aromatic carbocycles. The molecule has 1 aliphatic heterocycles. The highest BCUT2D eigenvalue weighted by Crippen LogP contribution is 2.38. The van der Waals surface area contributed by atoms with Gasteiger partial charge in [0.2, 0.25) is 5.91 Å². The highest BCUT2D eigenvalue weighted by Gasteiger charge is 2.44. The summed E-state index contributed by atoms with van der Waals surface area (Å²) in [6, 6.07) is 11.0. The maximum Gasteiger partial charge on any atom is 0.227 e. The normalized spacial score (nSPS) is 23.4. The van der Waals surface area contributed by atoms with Crippen molar-refractivity contribution >= 4 is 5.91 Å². The lowest BCUT2D eigenvalue weighted by molar-refractivity contribution is -0.135. The zero-order valence-corrected chi connectivity index (χ0v) is 17.7. The zero-order valence-electron chi connectivity index (χ0n) is 17.7. The minimum atomic E-state index is -0.430. The summed E-state index contributed by atoms with van der Waals surface area (Å²) in [6.45, 7) is 6.66. The molecule has 156 valence electrons. The third-order valence-corrected chi connectivity index (χ3v) is 6.69. The first-order chi connectivity index (χ1) is 14.1. The summed E-state index contributed by atoms with van der Waals surface area (Å²) in [6.07, 6.45) is 7.75. The molecular formula is C24H33N3O2. The van der Waals surface area contributed by atoms with E-state index < -0.39 is 5.41 Å². The van der Waals surface area contributed by atoms with Crippen LogP contribution >= 0.6 is 0 Å². The number of piperidine rings is 1. The van der Waals surface area contributed by atoms with Gasteiger partial charge in [-0.15, -0.1) is 0 Å². The van der Waals surface area contributed by atoms with Crippen molar-refractivity contribution in [3.8, 4) is 11.3 Å². The van der Waals surface area contributed by atoms with Gasteiger partial charge in [-0.3, -0.25) is 9.69 Å². The predicted octanol–water partition coefficient (Wildman–Crippen LogP) is 4.35. The van der Waals surface area contributed by atoms with Crippen LogP contribution in [0.1, 0.15) is 56.8 Å². The SMILES string of the molecule is CCNC(=O)C1(Cc2cc(-c3ccc(C)cc3)no2)CCCN(C2CCCC2)C1. The van der Waals surface area contributed by atoms with Crippen LogP contribution in [0.5, 0.6) is 0 Å². The fourth-order valence-electron chi connectivity index (χ4n) is 5.10. The van der Waals surface area contributed by atoms with Crippen molar-refractivity contribution < 1.29 is 9.32 Å². The average Bonchev–Trinajstić information content (AvgIpc) is 3.41. The first kappa shape index (κ1) is 20.1. The monoisotopic (exact) mass is 395 g/mol. The Labute approximate surface area is 173 Å². The van der Waals surface area contributed by atoms with E-state index in [4.69, 9.17) is 4.52 Å². The van der Waals surface area contributed by atoms with Crippen molar-refractivity contribution in [2.45, 2.75) is 64.8 Å². The standard InChI is InChI=1S/C24H33N3O2/c1-3-25-23(28)24(13-6-14-27(17-24)20-7-4-5-8-20)16-21-15-22(26-29-21)19-11-9-18(2)10-12-19/h9-12,15,20H,3-8,13-14,16-17H2,1-2H3,(H,25,28). The Balaban J connectivity index is 1.56. The number of nitrogens with zero attached hydrogens (tertiary/aromatic N) is 2. The van der Waals surface area contributed by atoms with Gasteiger partial charge in [-0.1, -0.05) is 47.8 Å². The second-order valence-corrected chi connectivity index (χ2v) is 8.87. The number of rotatable bonds is 6. The van der Waals surface area contributed by atoms with Crippen LogP contribution in [-0.4, -0.2) is 41.6 Å². The molecule has 2 aromatic rings. The van der Waals surface area contributed by atoms with Gasteiger partial charge in [0.05, 0.1) is 5.41 Å². The van der Waals surface area contributed by atoms with Crippen molar-refractivity contribution in [1.82, 2.24) is 15.4 Å². The number of benzene rings is 1. The third-order valence-electron chi connectivity index (χ3n) is 6.69. The van der Waals surface area contributed by atoms with E-state index in [1.54, 1.807) is 0 Å². The molecule has 1 saturated carbocycles. The van der Waals surface area contributed by atoms with Gasteiger partial charge in [0.15, 0.2) is 0 Å². The maximum atomic E-state index is 13.2. The molecule has 1 unspecified atom stereocenters. The molecular weight excluding hydrogens is 362 g/mol. The first-order valence-electron chi connectivity index (χ1n) is 11.1. The van der Waals surface area contributed by atoms with Gasteiger partial charge in [-0.25, -0.2) is 0 Å². The van der Waals surface area contributed by atoms with Crippen LogP contribution in [-0.2, 0) is 11.2 Å². The molecule has 0 radical (unpaired) electrons. The fraction of sp³-hybridized carbons (Fsp3) is 0.583. The predicted molar refractivity (Wildman–Crippen MR) is 115 cm³/mol. The zero-order chi connectivity index (χ0) is 20.3. The Morgan fingerprint density at radius 1 is 1.24 bits per heavy atom. The molecule has 2 fully saturated rings. The summed E-state index contributed by atoms with van der Waals surface area (Å²) in [7, 11) is 0. The lowest BCUT2D eigenvalue weighted by Gasteiger charge is -2.43. The third kappa shape index (κ3) is 4.40. The van der Waals surface area contributed by atoms with E-state index in [-0.39, 0.29) is 5.91 Å². The van der Waals surface area contributed by atoms with Crippen LogP contribution in [0.2, 0.25) is 0 Å². The molecule has 1 amide bonds. The molecule has 5 heteroatoms. The molecule has 1 aromatic heterocycles. The molecule has 0 bridgehead atoms. The van der Waals surface area contributed by atoms with Crippen LogP contribution < -0.4 is 5.32 Å². The minimum absolute atomic E-state index is 0.163. The second kappa shape index (κ2) is 8.70. The number of amides is 1. The number of carbonyl (C=O) groups excluding carboxylic acids is 1. The van der Waals surface area contributed by atoms with Crippen LogP contribution in [0.25, 0.3) is 11.3 Å². The summed E-state index contributed by atoms with van der Waals surface area (Å²) >= 11 is 0. The van der Waals surface area contributed by atoms with E-state index >= 15 is 0 Å². The number of hydrogen-bond donors (Lipinski definition) is 1. The largest absolute Gasteiger partial charge is 0.361 e. The minimum Gasteiger partial charge on any atom is -0.361 e. The number of hydrogen-bond acceptors (Lipinski definition) is 4. The topological polar surface area (TPSA) is 58.4 Å². The first-order valence-corrected chi connectivity index (χ1v) is 11.1. The van der Waals surface area contributed by atoms with Gasteiger partial charge in [0.1, 0.15) is 11.5 Å². The van der Waals surface area contributed by atoms with Crippen molar-refractivity contribution in [2.24, 2.45) is 5.41 Å². The number of aromatic nitrogens is 1. The van der Waals surface area contributed by atoms with Gasteiger partial charge >= 0.3 is 0 Å². The van der Waals surface area contributed by atoms with Gasteiger partial charge in [-0.05, 0) is 46.1 Å². The summed E-state index contributed by atoms with van der Waals surface area (Å²) in [5.74, 6) is 0.969. The Morgan fingerprint density at radius 3 is 2.72 bits per heavy atom. The van der Waals surface area contributed by atoms with E-state index in [0.717, 1.165) is 42.9 Å². The molecule has 4 rings (SSSR count).